The molecule has 1 aromatic rings. The number of allylic oxidation sites excluding steroid dienone is 2. The van der Waals surface area contributed by atoms with E-state index in [1.54, 1.807) is 6.08 Å². The van der Waals surface area contributed by atoms with Gasteiger partial charge >= 0.3 is 0 Å². The van der Waals surface area contributed by atoms with Crippen LogP contribution in [0.25, 0.3) is 0 Å². The highest BCUT2D eigenvalue weighted by Crippen LogP contribution is 2.17. The van der Waals surface area contributed by atoms with E-state index in [9.17, 15) is 13.6 Å². The van der Waals surface area contributed by atoms with Crippen LogP contribution in [0.1, 0.15) is 29.3 Å². The Labute approximate surface area is 87.4 Å². The van der Waals surface area contributed by atoms with Gasteiger partial charge in [-0.05, 0) is 31.1 Å². The molecule has 0 unspecified atom stereocenters. The van der Waals surface area contributed by atoms with Gasteiger partial charge in [-0.2, -0.15) is 0 Å². The van der Waals surface area contributed by atoms with Crippen molar-refractivity contribution in [3.63, 3.8) is 0 Å². The first-order chi connectivity index (χ1) is 7.07. The summed E-state index contributed by atoms with van der Waals surface area (Å²) in [6, 6.07) is 2.41. The second kappa shape index (κ2) is 4.82. The molecule has 0 aromatic heterocycles. The van der Waals surface area contributed by atoms with Gasteiger partial charge in [0.05, 0.1) is 5.56 Å². The van der Waals surface area contributed by atoms with Crippen LogP contribution in [-0.2, 0) is 0 Å². The van der Waals surface area contributed by atoms with E-state index >= 15 is 0 Å². The molecular formula is C12H12F2O. The normalized spacial score (nSPS) is 10.9. The van der Waals surface area contributed by atoms with Crippen LogP contribution in [0.5, 0.6) is 0 Å². The van der Waals surface area contributed by atoms with Gasteiger partial charge in [0, 0.05) is 0 Å². The van der Waals surface area contributed by atoms with Crippen molar-refractivity contribution in [2.75, 3.05) is 0 Å². The van der Waals surface area contributed by atoms with Crippen molar-refractivity contribution in [1.29, 1.82) is 0 Å². The van der Waals surface area contributed by atoms with Gasteiger partial charge in [-0.25, -0.2) is 8.78 Å². The maximum atomic E-state index is 13.4. The fraction of sp³-hybridized carbons (Fsp3) is 0.250. The van der Waals surface area contributed by atoms with Gasteiger partial charge in [0.15, 0.2) is 5.78 Å². The van der Waals surface area contributed by atoms with Crippen LogP contribution >= 0.6 is 0 Å². The minimum atomic E-state index is -0.816. The Bertz CT molecular complexity index is 408. The van der Waals surface area contributed by atoms with Crippen LogP contribution in [0.4, 0.5) is 8.78 Å². The van der Waals surface area contributed by atoms with E-state index in [-0.39, 0.29) is 5.56 Å². The van der Waals surface area contributed by atoms with Crippen molar-refractivity contribution >= 4 is 5.78 Å². The van der Waals surface area contributed by atoms with Crippen molar-refractivity contribution in [2.24, 2.45) is 0 Å². The topological polar surface area (TPSA) is 17.1 Å². The molecule has 1 nitrogen and oxygen atoms in total. The van der Waals surface area contributed by atoms with Crippen LogP contribution in [-0.4, -0.2) is 5.78 Å². The highest BCUT2D eigenvalue weighted by Gasteiger charge is 2.16. The Balaban J connectivity index is 3.18. The molecule has 3 heteroatoms. The minimum Gasteiger partial charge on any atom is -0.289 e. The fourth-order valence-corrected chi connectivity index (χ4v) is 1.19. The molecule has 0 bridgehead atoms. The lowest BCUT2D eigenvalue weighted by atomic mass is 10.1. The number of carbonyl (C=O) groups is 1. The van der Waals surface area contributed by atoms with E-state index in [4.69, 9.17) is 0 Å². The number of hydrogen-bond acceptors (Lipinski definition) is 1. The molecule has 0 saturated carbocycles. The van der Waals surface area contributed by atoms with Crippen molar-refractivity contribution in [3.05, 3.63) is 47.0 Å². The summed E-state index contributed by atoms with van der Waals surface area (Å²) in [7, 11) is 0. The molecule has 0 spiro atoms. The Morgan fingerprint density at radius 1 is 1.40 bits per heavy atom. The Morgan fingerprint density at radius 3 is 2.67 bits per heavy atom. The molecule has 1 aromatic carbocycles. The molecule has 0 aliphatic rings. The van der Waals surface area contributed by atoms with Crippen molar-refractivity contribution in [2.45, 2.75) is 20.3 Å². The van der Waals surface area contributed by atoms with Gasteiger partial charge in [-0.1, -0.05) is 19.1 Å². The molecule has 0 saturated heterocycles. The summed E-state index contributed by atoms with van der Waals surface area (Å²) >= 11 is 0. The van der Waals surface area contributed by atoms with Gasteiger partial charge in [0.1, 0.15) is 11.6 Å². The molecule has 0 heterocycles. The lowest BCUT2D eigenvalue weighted by Crippen LogP contribution is -2.04. The predicted octanol–water partition coefficient (Wildman–Crippen LogP) is 3.42. The second-order valence-corrected chi connectivity index (χ2v) is 3.23. The molecule has 0 aliphatic carbocycles. The van der Waals surface area contributed by atoms with Crippen molar-refractivity contribution in [3.8, 4) is 0 Å². The number of halogens is 2. The molecule has 80 valence electrons. The summed E-state index contributed by atoms with van der Waals surface area (Å²) in [4.78, 5) is 11.4. The quantitative estimate of drug-likeness (QED) is 0.551. The van der Waals surface area contributed by atoms with E-state index in [0.29, 0.717) is 6.42 Å². The number of rotatable bonds is 3. The summed E-state index contributed by atoms with van der Waals surface area (Å²) in [5.74, 6) is -2.22. The second-order valence-electron chi connectivity index (χ2n) is 3.23. The zero-order chi connectivity index (χ0) is 11.4. The SMILES string of the molecule is CC/C=C/C(=O)c1c(F)ccc(C)c1F. The first kappa shape index (κ1) is 11.6. The number of carbonyl (C=O) groups excluding carboxylic acids is 1. The third-order valence-electron chi connectivity index (χ3n) is 2.04. The van der Waals surface area contributed by atoms with Gasteiger partial charge in [-0.3, -0.25) is 4.79 Å². The summed E-state index contributed by atoms with van der Waals surface area (Å²) in [6.07, 6.45) is 3.42. The number of benzene rings is 1. The standard InChI is InChI=1S/C12H12F2O/c1-3-4-5-10(15)11-9(13)7-6-8(2)12(11)14/h4-7H,3H2,1-2H3/b5-4+. The molecule has 0 aliphatic heterocycles. The zero-order valence-corrected chi connectivity index (χ0v) is 8.68. The van der Waals surface area contributed by atoms with Crippen LogP contribution in [0.2, 0.25) is 0 Å². The number of ketones is 1. The van der Waals surface area contributed by atoms with Crippen molar-refractivity contribution in [1.82, 2.24) is 0 Å². The average Bonchev–Trinajstić information content (AvgIpc) is 2.21. The first-order valence-electron chi connectivity index (χ1n) is 4.73. The molecule has 15 heavy (non-hydrogen) atoms. The maximum absolute atomic E-state index is 13.4. The Hall–Kier alpha value is -1.51. The summed E-state index contributed by atoms with van der Waals surface area (Å²) in [6.45, 7) is 3.34. The van der Waals surface area contributed by atoms with Gasteiger partial charge in [-0.15, -0.1) is 0 Å². The van der Waals surface area contributed by atoms with Crippen LogP contribution < -0.4 is 0 Å². The molecule has 0 amide bonds. The third-order valence-corrected chi connectivity index (χ3v) is 2.04. The lowest BCUT2D eigenvalue weighted by Gasteiger charge is -2.03. The van der Waals surface area contributed by atoms with Gasteiger partial charge < -0.3 is 0 Å². The van der Waals surface area contributed by atoms with E-state index in [2.05, 4.69) is 0 Å². The minimum absolute atomic E-state index is 0.268. The van der Waals surface area contributed by atoms with E-state index in [1.165, 1.54) is 19.1 Å². The fourth-order valence-electron chi connectivity index (χ4n) is 1.19. The molecule has 0 N–H and O–H groups in total. The first-order valence-corrected chi connectivity index (χ1v) is 4.73. The Kier molecular flexibility index (Phi) is 3.72. The largest absolute Gasteiger partial charge is 0.289 e. The van der Waals surface area contributed by atoms with E-state index < -0.39 is 23.0 Å². The molecule has 0 fully saturated rings. The van der Waals surface area contributed by atoms with Gasteiger partial charge in [0.2, 0.25) is 0 Å². The van der Waals surface area contributed by atoms with Gasteiger partial charge in [0.25, 0.3) is 0 Å². The monoisotopic (exact) mass is 210 g/mol. The highest BCUT2D eigenvalue weighted by molar-refractivity contribution is 6.05. The number of aryl methyl sites for hydroxylation is 1. The molecule has 0 atom stereocenters. The smallest absolute Gasteiger partial charge is 0.191 e. The summed E-state index contributed by atoms with van der Waals surface area (Å²) in [5, 5.41) is 0. The van der Waals surface area contributed by atoms with E-state index in [0.717, 1.165) is 6.07 Å². The average molecular weight is 210 g/mol. The predicted molar refractivity (Wildman–Crippen MR) is 54.9 cm³/mol. The molecular weight excluding hydrogens is 198 g/mol. The molecule has 1 rings (SSSR count). The summed E-state index contributed by atoms with van der Waals surface area (Å²) in [5.41, 5.74) is -0.204. The number of hydrogen-bond donors (Lipinski definition) is 0. The maximum Gasteiger partial charge on any atom is 0.191 e. The summed E-state index contributed by atoms with van der Waals surface area (Å²) < 4.78 is 26.7. The van der Waals surface area contributed by atoms with Crippen LogP contribution in [0.3, 0.4) is 0 Å². The van der Waals surface area contributed by atoms with E-state index in [1.807, 2.05) is 6.92 Å². The zero-order valence-electron chi connectivity index (χ0n) is 8.68. The van der Waals surface area contributed by atoms with Crippen molar-refractivity contribution < 1.29 is 13.6 Å². The van der Waals surface area contributed by atoms with Crippen LogP contribution in [0, 0.1) is 18.6 Å². The highest BCUT2D eigenvalue weighted by atomic mass is 19.1. The lowest BCUT2D eigenvalue weighted by molar-refractivity contribution is 0.103. The third kappa shape index (κ3) is 2.49. The Morgan fingerprint density at radius 2 is 2.07 bits per heavy atom. The van der Waals surface area contributed by atoms with Crippen LogP contribution in [0.15, 0.2) is 24.3 Å². The molecule has 0 radical (unpaired) electrons.